The molecule has 0 aliphatic rings. The Kier molecular flexibility index (Phi) is 5.19. The number of rotatable bonds is 6. The molecular formula is C11H21N3S. The summed E-state index contributed by atoms with van der Waals surface area (Å²) >= 11 is 1.91. The molecule has 0 spiro atoms. The van der Waals surface area contributed by atoms with E-state index in [2.05, 4.69) is 31.9 Å². The van der Waals surface area contributed by atoms with Crippen LogP contribution in [0.1, 0.15) is 32.5 Å². The van der Waals surface area contributed by atoms with E-state index in [1.807, 2.05) is 22.6 Å². The van der Waals surface area contributed by atoms with Gasteiger partial charge in [0.1, 0.15) is 0 Å². The van der Waals surface area contributed by atoms with Crippen molar-refractivity contribution in [2.45, 2.75) is 32.6 Å². The molecule has 0 aliphatic heterocycles. The SMILES string of the molecule is CC(CN)CSCc1ccn(C(C)C)n1. The highest BCUT2D eigenvalue weighted by molar-refractivity contribution is 7.98. The molecular weight excluding hydrogens is 206 g/mol. The molecule has 3 nitrogen and oxygen atoms in total. The summed E-state index contributed by atoms with van der Waals surface area (Å²) < 4.78 is 2.00. The Labute approximate surface area is 96.4 Å². The first kappa shape index (κ1) is 12.6. The van der Waals surface area contributed by atoms with Crippen molar-refractivity contribution in [1.29, 1.82) is 0 Å². The summed E-state index contributed by atoms with van der Waals surface area (Å²) in [5.41, 5.74) is 6.73. The maximum absolute atomic E-state index is 5.56. The third kappa shape index (κ3) is 4.26. The van der Waals surface area contributed by atoms with E-state index in [-0.39, 0.29) is 0 Å². The van der Waals surface area contributed by atoms with E-state index in [4.69, 9.17) is 5.73 Å². The minimum absolute atomic E-state index is 0.451. The highest BCUT2D eigenvalue weighted by atomic mass is 32.2. The second kappa shape index (κ2) is 6.18. The largest absolute Gasteiger partial charge is 0.330 e. The molecule has 1 unspecified atom stereocenters. The second-order valence-electron chi connectivity index (χ2n) is 4.24. The average Bonchev–Trinajstić information content (AvgIpc) is 2.66. The van der Waals surface area contributed by atoms with Crippen molar-refractivity contribution < 1.29 is 0 Å². The summed E-state index contributed by atoms with van der Waals surface area (Å²) in [6.45, 7) is 7.23. The fourth-order valence-corrected chi connectivity index (χ4v) is 2.19. The zero-order chi connectivity index (χ0) is 11.3. The van der Waals surface area contributed by atoms with Gasteiger partial charge in [-0.1, -0.05) is 6.92 Å². The quantitative estimate of drug-likeness (QED) is 0.811. The summed E-state index contributed by atoms with van der Waals surface area (Å²) in [6, 6.07) is 2.55. The Morgan fingerprint density at radius 1 is 1.47 bits per heavy atom. The molecule has 1 atom stereocenters. The van der Waals surface area contributed by atoms with Gasteiger partial charge in [0.05, 0.1) is 5.69 Å². The molecule has 0 amide bonds. The predicted molar refractivity (Wildman–Crippen MR) is 67.0 cm³/mol. The maximum atomic E-state index is 5.56. The van der Waals surface area contributed by atoms with Crippen LogP contribution < -0.4 is 5.73 Å². The zero-order valence-corrected chi connectivity index (χ0v) is 10.6. The number of nitrogens with two attached hydrogens (primary N) is 1. The zero-order valence-electron chi connectivity index (χ0n) is 9.81. The van der Waals surface area contributed by atoms with Gasteiger partial charge in [0.15, 0.2) is 0 Å². The third-order valence-electron chi connectivity index (χ3n) is 2.25. The Balaban J connectivity index is 2.31. The maximum Gasteiger partial charge on any atom is 0.0723 e. The van der Waals surface area contributed by atoms with E-state index in [1.165, 1.54) is 0 Å². The molecule has 0 aliphatic carbocycles. The van der Waals surface area contributed by atoms with Gasteiger partial charge in [-0.15, -0.1) is 0 Å². The van der Waals surface area contributed by atoms with Gasteiger partial charge in [-0.2, -0.15) is 16.9 Å². The number of hydrogen-bond acceptors (Lipinski definition) is 3. The molecule has 4 heteroatoms. The number of thioether (sulfide) groups is 1. The van der Waals surface area contributed by atoms with Crippen LogP contribution in [-0.2, 0) is 5.75 Å². The summed E-state index contributed by atoms with van der Waals surface area (Å²) in [4.78, 5) is 0. The number of aromatic nitrogens is 2. The fourth-order valence-electron chi connectivity index (χ4n) is 1.17. The van der Waals surface area contributed by atoms with E-state index in [0.717, 1.165) is 23.7 Å². The smallest absolute Gasteiger partial charge is 0.0723 e. The van der Waals surface area contributed by atoms with Gasteiger partial charge >= 0.3 is 0 Å². The third-order valence-corrected chi connectivity index (χ3v) is 3.55. The first-order valence-corrected chi connectivity index (χ1v) is 6.60. The molecule has 1 aromatic heterocycles. The molecule has 1 heterocycles. The highest BCUT2D eigenvalue weighted by Gasteiger charge is 2.03. The van der Waals surface area contributed by atoms with Crippen molar-refractivity contribution in [3.8, 4) is 0 Å². The van der Waals surface area contributed by atoms with E-state index in [9.17, 15) is 0 Å². The lowest BCUT2D eigenvalue weighted by Gasteiger charge is -2.06. The molecule has 0 bridgehead atoms. The molecule has 0 fully saturated rings. The van der Waals surface area contributed by atoms with Crippen LogP contribution in [0.2, 0.25) is 0 Å². The van der Waals surface area contributed by atoms with Crippen LogP contribution in [0.5, 0.6) is 0 Å². The Morgan fingerprint density at radius 2 is 2.20 bits per heavy atom. The average molecular weight is 227 g/mol. The van der Waals surface area contributed by atoms with Gasteiger partial charge in [0.2, 0.25) is 0 Å². The standard InChI is InChI=1S/C11H21N3S/c1-9(2)14-5-4-11(13-14)8-15-7-10(3)6-12/h4-5,9-10H,6-8,12H2,1-3H3. The van der Waals surface area contributed by atoms with Crippen LogP contribution in [-0.4, -0.2) is 22.1 Å². The molecule has 1 rings (SSSR count). The topological polar surface area (TPSA) is 43.8 Å². The molecule has 0 aromatic carbocycles. The molecule has 2 N–H and O–H groups in total. The van der Waals surface area contributed by atoms with E-state index >= 15 is 0 Å². The van der Waals surface area contributed by atoms with Crippen LogP contribution in [0.4, 0.5) is 0 Å². The summed E-state index contributed by atoms with van der Waals surface area (Å²) in [5.74, 6) is 2.71. The van der Waals surface area contributed by atoms with Crippen LogP contribution in [0.3, 0.4) is 0 Å². The van der Waals surface area contributed by atoms with E-state index in [1.54, 1.807) is 0 Å². The second-order valence-corrected chi connectivity index (χ2v) is 5.27. The monoisotopic (exact) mass is 227 g/mol. The van der Waals surface area contributed by atoms with Gasteiger partial charge < -0.3 is 5.73 Å². The van der Waals surface area contributed by atoms with Gasteiger partial charge in [-0.3, -0.25) is 4.68 Å². The fraction of sp³-hybridized carbons (Fsp3) is 0.727. The van der Waals surface area contributed by atoms with Crippen LogP contribution in [0.15, 0.2) is 12.3 Å². The summed E-state index contributed by atoms with van der Waals surface area (Å²) in [6.07, 6.45) is 2.05. The molecule has 15 heavy (non-hydrogen) atoms. The number of hydrogen-bond donors (Lipinski definition) is 1. The lowest BCUT2D eigenvalue weighted by Crippen LogP contribution is -2.12. The molecule has 0 saturated carbocycles. The normalized spacial score (nSPS) is 13.4. The Hall–Kier alpha value is -0.480. The lowest BCUT2D eigenvalue weighted by atomic mass is 10.2. The van der Waals surface area contributed by atoms with E-state index < -0.39 is 0 Å². The number of nitrogens with zero attached hydrogens (tertiary/aromatic N) is 2. The van der Waals surface area contributed by atoms with Gasteiger partial charge in [0, 0.05) is 18.0 Å². The first-order chi connectivity index (χ1) is 7.13. The highest BCUT2D eigenvalue weighted by Crippen LogP contribution is 2.14. The van der Waals surface area contributed by atoms with Gasteiger partial charge in [0.25, 0.3) is 0 Å². The van der Waals surface area contributed by atoms with Crippen molar-refractivity contribution >= 4 is 11.8 Å². The summed E-state index contributed by atoms with van der Waals surface area (Å²) in [7, 11) is 0. The minimum Gasteiger partial charge on any atom is -0.330 e. The Morgan fingerprint density at radius 3 is 2.73 bits per heavy atom. The molecule has 0 saturated heterocycles. The van der Waals surface area contributed by atoms with Crippen LogP contribution >= 0.6 is 11.8 Å². The predicted octanol–water partition coefficient (Wildman–Crippen LogP) is 2.29. The van der Waals surface area contributed by atoms with Gasteiger partial charge in [-0.05, 0) is 38.1 Å². The minimum atomic E-state index is 0.451. The molecule has 86 valence electrons. The van der Waals surface area contributed by atoms with Crippen molar-refractivity contribution in [1.82, 2.24) is 9.78 Å². The van der Waals surface area contributed by atoms with Crippen LogP contribution in [0, 0.1) is 5.92 Å². The van der Waals surface area contributed by atoms with Crippen LogP contribution in [0.25, 0.3) is 0 Å². The van der Waals surface area contributed by atoms with Crippen molar-refractivity contribution in [2.75, 3.05) is 12.3 Å². The Bertz CT molecular complexity index is 283. The molecule has 0 radical (unpaired) electrons. The lowest BCUT2D eigenvalue weighted by molar-refractivity contribution is 0.528. The van der Waals surface area contributed by atoms with Crippen molar-refractivity contribution in [3.63, 3.8) is 0 Å². The molecule has 1 aromatic rings. The first-order valence-electron chi connectivity index (χ1n) is 5.45. The van der Waals surface area contributed by atoms with E-state index in [0.29, 0.717) is 12.0 Å². The van der Waals surface area contributed by atoms with Crippen molar-refractivity contribution in [3.05, 3.63) is 18.0 Å². The van der Waals surface area contributed by atoms with Crippen molar-refractivity contribution in [2.24, 2.45) is 11.7 Å². The summed E-state index contributed by atoms with van der Waals surface area (Å²) in [5, 5.41) is 4.50. The van der Waals surface area contributed by atoms with Gasteiger partial charge in [-0.25, -0.2) is 0 Å².